The Bertz CT molecular complexity index is 1670. The van der Waals surface area contributed by atoms with E-state index in [0.29, 0.717) is 27.8 Å². The molecule has 0 saturated carbocycles. The van der Waals surface area contributed by atoms with Crippen LogP contribution in [0, 0.1) is 5.82 Å². The van der Waals surface area contributed by atoms with Gasteiger partial charge in [0.05, 0.1) is 10.5 Å². The Labute approximate surface area is 243 Å². The maximum atomic E-state index is 13.4. The molecule has 0 radical (unpaired) electrons. The van der Waals surface area contributed by atoms with Crippen LogP contribution in [0.5, 0.6) is 5.75 Å². The number of hydrogen-bond acceptors (Lipinski definition) is 7. The van der Waals surface area contributed by atoms with Crippen LogP contribution in [0.15, 0.2) is 85.2 Å². The molecule has 3 aromatic carbocycles. The Morgan fingerprint density at radius 2 is 1.93 bits per heavy atom. The van der Waals surface area contributed by atoms with Crippen molar-refractivity contribution in [2.24, 2.45) is 0 Å². The smallest absolute Gasteiger partial charge is 0.267 e. The molecule has 1 amide bonds. The highest BCUT2D eigenvalue weighted by Gasteiger charge is 2.10. The number of nitrogens with zero attached hydrogens (tertiary/aromatic N) is 2. The van der Waals surface area contributed by atoms with Crippen LogP contribution in [0.4, 0.5) is 15.9 Å². The van der Waals surface area contributed by atoms with Crippen LogP contribution >= 0.6 is 35.3 Å². The third-order valence-electron chi connectivity index (χ3n) is 5.53. The number of nitrogens with one attached hydrogen (secondary N) is 2. The van der Waals surface area contributed by atoms with E-state index in [4.69, 9.17) is 21.5 Å². The molecule has 0 aliphatic rings. The maximum absolute atomic E-state index is 13.4. The molecule has 2 heterocycles. The van der Waals surface area contributed by atoms with Gasteiger partial charge in [0, 0.05) is 26.9 Å². The number of thiophene rings is 1. The van der Waals surface area contributed by atoms with Crippen molar-refractivity contribution >= 4 is 69.7 Å². The summed E-state index contributed by atoms with van der Waals surface area (Å²) in [4.78, 5) is 21.9. The van der Waals surface area contributed by atoms with Crippen LogP contribution in [0.1, 0.15) is 10.4 Å². The van der Waals surface area contributed by atoms with E-state index < -0.39 is 5.91 Å². The van der Waals surface area contributed by atoms with Gasteiger partial charge in [0.25, 0.3) is 5.91 Å². The molecule has 40 heavy (non-hydrogen) atoms. The lowest BCUT2D eigenvalue weighted by Crippen LogP contribution is -2.14. The van der Waals surface area contributed by atoms with Crippen LogP contribution in [-0.4, -0.2) is 26.6 Å². The minimum Gasteiger partial charge on any atom is -0.487 e. The molecule has 5 aromatic rings. The molecule has 8 nitrogen and oxygen atoms in total. The summed E-state index contributed by atoms with van der Waals surface area (Å²) in [7, 11) is 0. The van der Waals surface area contributed by atoms with Crippen molar-refractivity contribution in [3.05, 3.63) is 106 Å². The number of benzene rings is 3. The van der Waals surface area contributed by atoms with Gasteiger partial charge in [-0.25, -0.2) is 19.8 Å². The molecular weight excluding hydrogens is 578 g/mol. The SMILES string of the molecule is Cl.O.O=C(C=Cc1ccc(-c2ccc3ncnc(Nc4ccc(OCc5cccc(F)c5)c(Cl)c4)c3c2)s1)NO. The Hall–Kier alpha value is -4.06. The molecule has 0 unspecified atom stereocenters. The monoisotopic (exact) mass is 600 g/mol. The highest BCUT2D eigenvalue weighted by atomic mass is 35.5. The van der Waals surface area contributed by atoms with Gasteiger partial charge in [0.15, 0.2) is 0 Å². The normalized spacial score (nSPS) is 10.6. The van der Waals surface area contributed by atoms with E-state index >= 15 is 0 Å². The van der Waals surface area contributed by atoms with Gasteiger partial charge in [0.1, 0.15) is 30.3 Å². The van der Waals surface area contributed by atoms with Gasteiger partial charge in [-0.1, -0.05) is 29.8 Å². The average Bonchev–Trinajstić information content (AvgIpc) is 3.40. The fourth-order valence-electron chi connectivity index (χ4n) is 3.72. The molecule has 12 heteroatoms. The molecule has 2 aromatic heterocycles. The summed E-state index contributed by atoms with van der Waals surface area (Å²) < 4.78 is 19.2. The Balaban J connectivity index is 0.00000220. The third kappa shape index (κ3) is 7.32. The highest BCUT2D eigenvalue weighted by molar-refractivity contribution is 7.16. The van der Waals surface area contributed by atoms with Crippen molar-refractivity contribution in [1.82, 2.24) is 15.4 Å². The molecule has 0 bridgehead atoms. The first kappa shape index (κ1) is 30.5. The summed E-state index contributed by atoms with van der Waals surface area (Å²) in [5.74, 6) is 0.179. The minimum atomic E-state index is -0.593. The summed E-state index contributed by atoms with van der Waals surface area (Å²) in [6.07, 6.45) is 4.38. The summed E-state index contributed by atoms with van der Waals surface area (Å²) in [5.41, 5.74) is 4.72. The zero-order valence-electron chi connectivity index (χ0n) is 20.6. The second-order valence-electron chi connectivity index (χ2n) is 8.15. The van der Waals surface area contributed by atoms with Crippen molar-refractivity contribution in [3.8, 4) is 16.2 Å². The number of carbonyl (C=O) groups is 1. The Morgan fingerprint density at radius 1 is 1.07 bits per heavy atom. The summed E-state index contributed by atoms with van der Waals surface area (Å²) in [6, 6.07) is 21.3. The second kappa shape index (κ2) is 13.8. The standard InChI is InChI=1S/C28H20ClFN4O3S.ClH.H2O/c29-23-14-20(5-9-25(23)37-15-17-2-1-3-19(30)12-17)33-28-22-13-18(4-8-24(22)31-16-32-28)26-10-6-21(38-26)7-11-27(35)34-36;;/h1-14,16,36H,15H2,(H,34,35)(H,31,32,33);1H;1H2. The van der Waals surface area contributed by atoms with E-state index in [1.54, 1.807) is 35.8 Å². The van der Waals surface area contributed by atoms with Crippen molar-refractivity contribution in [2.45, 2.75) is 6.61 Å². The first-order chi connectivity index (χ1) is 18.5. The third-order valence-corrected chi connectivity index (χ3v) is 6.93. The molecule has 5 N–H and O–H groups in total. The molecule has 0 fully saturated rings. The number of hydroxylamine groups is 1. The predicted octanol–water partition coefficient (Wildman–Crippen LogP) is 6.59. The fraction of sp³-hybridized carbons (Fsp3) is 0.0357. The van der Waals surface area contributed by atoms with Crippen LogP contribution < -0.4 is 15.5 Å². The van der Waals surface area contributed by atoms with Crippen LogP contribution in [0.3, 0.4) is 0 Å². The van der Waals surface area contributed by atoms with Crippen LogP contribution in [0.2, 0.25) is 5.02 Å². The quantitative estimate of drug-likeness (QED) is 0.105. The zero-order chi connectivity index (χ0) is 26.5. The molecular formula is C28H23Cl2FN4O4S. The zero-order valence-corrected chi connectivity index (χ0v) is 23.0. The summed E-state index contributed by atoms with van der Waals surface area (Å²) in [5, 5.41) is 13.2. The lowest BCUT2D eigenvalue weighted by atomic mass is 10.1. The van der Waals surface area contributed by atoms with E-state index in [9.17, 15) is 9.18 Å². The molecule has 0 aliphatic heterocycles. The van der Waals surface area contributed by atoms with Gasteiger partial charge in [0.2, 0.25) is 0 Å². The molecule has 0 spiro atoms. The summed E-state index contributed by atoms with van der Waals surface area (Å²) >= 11 is 7.96. The first-order valence-corrected chi connectivity index (χ1v) is 12.6. The number of amides is 1. The number of carbonyl (C=O) groups excluding carboxylic acids is 1. The van der Waals surface area contributed by atoms with E-state index in [1.807, 2.05) is 36.4 Å². The summed E-state index contributed by atoms with van der Waals surface area (Å²) in [6.45, 7) is 0.193. The Kier molecular flexibility index (Phi) is 10.5. The lowest BCUT2D eigenvalue weighted by Gasteiger charge is -2.12. The van der Waals surface area contributed by atoms with Gasteiger partial charge < -0.3 is 15.5 Å². The largest absolute Gasteiger partial charge is 0.487 e. The predicted molar refractivity (Wildman–Crippen MR) is 158 cm³/mol. The van der Waals surface area contributed by atoms with E-state index in [-0.39, 0.29) is 30.3 Å². The lowest BCUT2D eigenvalue weighted by molar-refractivity contribution is -0.124. The molecule has 0 atom stereocenters. The van der Waals surface area contributed by atoms with Gasteiger partial charge >= 0.3 is 0 Å². The second-order valence-corrected chi connectivity index (χ2v) is 9.68. The van der Waals surface area contributed by atoms with E-state index in [0.717, 1.165) is 26.2 Å². The van der Waals surface area contributed by atoms with Gasteiger partial charge in [-0.15, -0.1) is 23.7 Å². The number of anilines is 2. The van der Waals surface area contributed by atoms with Crippen LogP contribution in [0.25, 0.3) is 27.4 Å². The molecule has 0 aliphatic carbocycles. The van der Waals surface area contributed by atoms with Crippen LogP contribution in [-0.2, 0) is 11.4 Å². The van der Waals surface area contributed by atoms with Crippen molar-refractivity contribution in [3.63, 3.8) is 0 Å². The average molecular weight is 601 g/mol. The van der Waals surface area contributed by atoms with Crippen molar-refractivity contribution in [2.75, 3.05) is 5.32 Å². The molecule has 206 valence electrons. The topological polar surface area (TPSA) is 128 Å². The first-order valence-electron chi connectivity index (χ1n) is 11.4. The fourth-order valence-corrected chi connectivity index (χ4v) is 4.86. The molecule has 0 saturated heterocycles. The van der Waals surface area contributed by atoms with Gasteiger partial charge in [-0.3, -0.25) is 10.0 Å². The van der Waals surface area contributed by atoms with Crippen molar-refractivity contribution < 1.29 is 24.6 Å². The number of ether oxygens (including phenoxy) is 1. The Morgan fingerprint density at radius 3 is 2.70 bits per heavy atom. The number of halogens is 3. The number of aromatic nitrogens is 2. The van der Waals surface area contributed by atoms with Crippen molar-refractivity contribution in [1.29, 1.82) is 0 Å². The van der Waals surface area contributed by atoms with E-state index in [1.165, 1.54) is 35.9 Å². The highest BCUT2D eigenvalue weighted by Crippen LogP contribution is 2.34. The maximum Gasteiger partial charge on any atom is 0.267 e. The number of rotatable bonds is 8. The number of fused-ring (bicyclic) bond motifs is 1. The number of hydrogen-bond donors (Lipinski definition) is 3. The van der Waals surface area contributed by atoms with Gasteiger partial charge in [-0.2, -0.15) is 0 Å². The molecule has 5 rings (SSSR count). The van der Waals surface area contributed by atoms with E-state index in [2.05, 4.69) is 15.3 Å². The van der Waals surface area contributed by atoms with Gasteiger partial charge in [-0.05, 0) is 71.8 Å². The minimum absolute atomic E-state index is 0.